The highest BCUT2D eigenvalue weighted by atomic mass is 16.5. The van der Waals surface area contributed by atoms with Gasteiger partial charge in [-0.2, -0.15) is 0 Å². The van der Waals surface area contributed by atoms with E-state index in [1.54, 1.807) is 24.0 Å². The summed E-state index contributed by atoms with van der Waals surface area (Å²) < 4.78 is 8.21. The van der Waals surface area contributed by atoms with Crippen LogP contribution in [0.3, 0.4) is 0 Å². The van der Waals surface area contributed by atoms with E-state index in [2.05, 4.69) is 4.98 Å². The van der Waals surface area contributed by atoms with Gasteiger partial charge in [0.2, 0.25) is 0 Å². The van der Waals surface area contributed by atoms with Gasteiger partial charge in [-0.3, -0.25) is 9.59 Å². The number of carbonyl (C=O) groups is 1. The van der Waals surface area contributed by atoms with Crippen LogP contribution in [-0.2, 0) is 23.0 Å². The zero-order chi connectivity index (χ0) is 19.8. The largest absolute Gasteiger partial charge is 0.468 e. The number of aromatic nitrogens is 3. The molecule has 0 saturated heterocycles. The molecule has 7 nitrogen and oxygen atoms in total. The Morgan fingerprint density at radius 1 is 1.21 bits per heavy atom. The lowest BCUT2D eigenvalue weighted by molar-refractivity contribution is -0.142. The monoisotopic (exact) mass is 376 g/mol. The third-order valence-corrected chi connectivity index (χ3v) is 4.99. The molecule has 0 aliphatic heterocycles. The maximum absolute atomic E-state index is 13.0. The van der Waals surface area contributed by atoms with Crippen molar-refractivity contribution in [2.75, 3.05) is 7.11 Å². The van der Waals surface area contributed by atoms with Crippen LogP contribution in [-0.4, -0.2) is 33.1 Å². The summed E-state index contributed by atoms with van der Waals surface area (Å²) in [5.41, 5.74) is 9.44. The van der Waals surface area contributed by atoms with E-state index in [0.29, 0.717) is 17.6 Å². The number of methoxy groups -OCH3 is 1. The Morgan fingerprint density at radius 3 is 2.79 bits per heavy atom. The molecule has 0 bridgehead atoms. The number of carbonyl (C=O) groups excluding carboxylic acids is 1. The number of rotatable bonds is 4. The van der Waals surface area contributed by atoms with Gasteiger partial charge in [-0.1, -0.05) is 18.2 Å². The Hall–Kier alpha value is -3.45. The van der Waals surface area contributed by atoms with Crippen LogP contribution in [0.25, 0.3) is 27.7 Å². The maximum atomic E-state index is 13.0. The summed E-state index contributed by atoms with van der Waals surface area (Å²) in [5, 5.41) is 0.973. The molecule has 0 unspecified atom stereocenters. The van der Waals surface area contributed by atoms with Crippen molar-refractivity contribution < 1.29 is 9.53 Å². The van der Waals surface area contributed by atoms with E-state index in [1.807, 2.05) is 46.9 Å². The second-order valence-electron chi connectivity index (χ2n) is 6.67. The van der Waals surface area contributed by atoms with Crippen LogP contribution in [0.15, 0.2) is 59.7 Å². The Morgan fingerprint density at radius 2 is 2.00 bits per heavy atom. The van der Waals surface area contributed by atoms with Crippen molar-refractivity contribution in [2.24, 2.45) is 12.8 Å². The van der Waals surface area contributed by atoms with Crippen LogP contribution in [0, 0.1) is 0 Å². The molecule has 0 saturated carbocycles. The summed E-state index contributed by atoms with van der Waals surface area (Å²) in [6.45, 7) is 0. The molecule has 0 aliphatic carbocycles. The minimum Gasteiger partial charge on any atom is -0.468 e. The van der Waals surface area contributed by atoms with Gasteiger partial charge < -0.3 is 19.4 Å². The van der Waals surface area contributed by atoms with E-state index in [1.165, 1.54) is 7.11 Å². The average Bonchev–Trinajstić information content (AvgIpc) is 3.21. The zero-order valence-corrected chi connectivity index (χ0v) is 15.6. The van der Waals surface area contributed by atoms with Crippen LogP contribution < -0.4 is 11.3 Å². The van der Waals surface area contributed by atoms with Crippen LogP contribution in [0.5, 0.6) is 0 Å². The lowest BCUT2D eigenvalue weighted by atomic mass is 10.0. The number of imidazole rings is 1. The predicted octanol–water partition coefficient (Wildman–Crippen LogP) is 1.90. The summed E-state index contributed by atoms with van der Waals surface area (Å²) in [5.74, 6) is -0.472. The quantitative estimate of drug-likeness (QED) is 0.549. The first kappa shape index (κ1) is 17.9. The first-order chi connectivity index (χ1) is 13.5. The van der Waals surface area contributed by atoms with Gasteiger partial charge in [0, 0.05) is 37.1 Å². The molecular weight excluding hydrogens is 356 g/mol. The number of benzene rings is 1. The van der Waals surface area contributed by atoms with E-state index in [0.717, 1.165) is 22.2 Å². The van der Waals surface area contributed by atoms with Crippen molar-refractivity contribution in [3.8, 4) is 11.1 Å². The Kier molecular flexibility index (Phi) is 4.44. The van der Waals surface area contributed by atoms with E-state index in [9.17, 15) is 9.59 Å². The third kappa shape index (κ3) is 2.86. The standard InChI is InChI=1S/C21H20N4O3/c1-24-18-6-4-3-5-13(18)11-16(20(24)26)15-8-7-14(12-17(22)21(27)28-2)25-10-9-23-19(15)25/h3-11,17H,12,22H2,1-2H3/t17-/m0/s1. The molecule has 0 aliphatic rings. The third-order valence-electron chi connectivity index (χ3n) is 4.99. The Bertz CT molecular complexity index is 1260. The van der Waals surface area contributed by atoms with Gasteiger partial charge in [0.15, 0.2) is 0 Å². The zero-order valence-electron chi connectivity index (χ0n) is 15.6. The molecule has 3 heterocycles. The fourth-order valence-electron chi connectivity index (χ4n) is 3.52. The predicted molar refractivity (Wildman–Crippen MR) is 107 cm³/mol. The van der Waals surface area contributed by atoms with Crippen molar-refractivity contribution in [1.29, 1.82) is 0 Å². The van der Waals surface area contributed by atoms with E-state index >= 15 is 0 Å². The van der Waals surface area contributed by atoms with Gasteiger partial charge in [0.25, 0.3) is 5.56 Å². The van der Waals surface area contributed by atoms with Crippen molar-refractivity contribution in [3.05, 3.63) is 70.9 Å². The van der Waals surface area contributed by atoms with E-state index < -0.39 is 12.0 Å². The highest BCUT2D eigenvalue weighted by Crippen LogP contribution is 2.25. The van der Waals surface area contributed by atoms with Crippen LogP contribution >= 0.6 is 0 Å². The van der Waals surface area contributed by atoms with Crippen molar-refractivity contribution in [2.45, 2.75) is 12.5 Å². The lowest BCUT2D eigenvalue weighted by Crippen LogP contribution is -2.34. The fraction of sp³-hybridized carbons (Fsp3) is 0.190. The highest BCUT2D eigenvalue weighted by molar-refractivity contribution is 5.87. The Balaban J connectivity index is 1.88. The number of hydrogen-bond donors (Lipinski definition) is 1. The lowest BCUT2D eigenvalue weighted by Gasteiger charge is -2.14. The summed E-state index contributed by atoms with van der Waals surface area (Å²) in [6, 6.07) is 12.6. The van der Waals surface area contributed by atoms with Gasteiger partial charge in [-0.25, -0.2) is 4.98 Å². The molecule has 7 heteroatoms. The molecule has 4 aromatic rings. The molecule has 1 atom stereocenters. The summed E-state index contributed by atoms with van der Waals surface area (Å²) in [7, 11) is 3.08. The number of esters is 1. The van der Waals surface area contributed by atoms with Gasteiger partial charge in [-0.15, -0.1) is 0 Å². The first-order valence-electron chi connectivity index (χ1n) is 8.88. The number of pyridine rings is 2. The number of aryl methyl sites for hydroxylation is 1. The second kappa shape index (κ2) is 6.94. The molecule has 0 radical (unpaired) electrons. The van der Waals surface area contributed by atoms with Crippen molar-refractivity contribution in [1.82, 2.24) is 14.0 Å². The molecule has 3 aromatic heterocycles. The normalized spacial score (nSPS) is 12.4. The van der Waals surface area contributed by atoms with Crippen molar-refractivity contribution in [3.63, 3.8) is 0 Å². The minimum absolute atomic E-state index is 0.0948. The number of nitrogens with two attached hydrogens (primary N) is 1. The fourth-order valence-corrected chi connectivity index (χ4v) is 3.52. The van der Waals surface area contributed by atoms with E-state index in [4.69, 9.17) is 10.5 Å². The Labute approximate surface area is 161 Å². The highest BCUT2D eigenvalue weighted by Gasteiger charge is 2.18. The summed E-state index contributed by atoms with van der Waals surface area (Å²) in [6.07, 6.45) is 3.76. The molecule has 0 amide bonds. The minimum atomic E-state index is -0.769. The smallest absolute Gasteiger partial charge is 0.323 e. The second-order valence-corrected chi connectivity index (χ2v) is 6.67. The molecule has 1 aromatic carbocycles. The summed E-state index contributed by atoms with van der Waals surface area (Å²) >= 11 is 0. The number of ether oxygens (including phenoxy) is 1. The molecule has 0 fully saturated rings. The van der Waals surface area contributed by atoms with Gasteiger partial charge in [0.05, 0.1) is 18.2 Å². The SMILES string of the molecule is COC(=O)[C@@H](N)Cc1ccc(-c2cc3ccccc3n(C)c2=O)c2nccn12. The number of fused-ring (bicyclic) bond motifs is 2. The molecule has 142 valence electrons. The maximum Gasteiger partial charge on any atom is 0.323 e. The number of para-hydroxylation sites is 1. The van der Waals surface area contributed by atoms with Crippen LogP contribution in [0.4, 0.5) is 0 Å². The molecule has 4 rings (SSSR count). The molecule has 2 N–H and O–H groups in total. The van der Waals surface area contributed by atoms with E-state index in [-0.39, 0.29) is 5.56 Å². The average molecular weight is 376 g/mol. The molecular formula is C21H20N4O3. The van der Waals surface area contributed by atoms with Gasteiger partial charge >= 0.3 is 5.97 Å². The van der Waals surface area contributed by atoms with Crippen molar-refractivity contribution >= 4 is 22.5 Å². The van der Waals surface area contributed by atoms with Gasteiger partial charge in [-0.05, 0) is 29.7 Å². The first-order valence-corrected chi connectivity index (χ1v) is 8.88. The summed E-state index contributed by atoms with van der Waals surface area (Å²) in [4.78, 5) is 29.1. The number of nitrogens with zero attached hydrogens (tertiary/aromatic N) is 3. The van der Waals surface area contributed by atoms with Crippen LogP contribution in [0.1, 0.15) is 5.69 Å². The van der Waals surface area contributed by atoms with Gasteiger partial charge in [0.1, 0.15) is 11.7 Å². The topological polar surface area (TPSA) is 91.6 Å². The molecule has 0 spiro atoms. The molecule has 28 heavy (non-hydrogen) atoms. The number of hydrogen-bond acceptors (Lipinski definition) is 5. The van der Waals surface area contributed by atoms with Crippen LogP contribution in [0.2, 0.25) is 0 Å².